The van der Waals surface area contributed by atoms with E-state index >= 15 is 0 Å². The highest BCUT2D eigenvalue weighted by Gasteiger charge is 2.14. The van der Waals surface area contributed by atoms with Crippen LogP contribution in [0.2, 0.25) is 0 Å². The number of aryl methyl sites for hydroxylation is 1. The molecule has 0 unspecified atom stereocenters. The maximum Gasteiger partial charge on any atom is 0.294 e. The minimum absolute atomic E-state index is 0.0666. The van der Waals surface area contributed by atoms with E-state index in [-0.39, 0.29) is 17.0 Å². The van der Waals surface area contributed by atoms with Gasteiger partial charge in [0, 0.05) is 5.54 Å². The fourth-order valence-corrected chi connectivity index (χ4v) is 1.85. The summed E-state index contributed by atoms with van der Waals surface area (Å²) in [6.45, 7) is 5.93. The van der Waals surface area contributed by atoms with E-state index in [1.807, 2.05) is 13.8 Å². The van der Waals surface area contributed by atoms with E-state index < -0.39 is 10.1 Å². The van der Waals surface area contributed by atoms with E-state index in [1.54, 1.807) is 12.1 Å². The number of aliphatic hydroxyl groups excluding tert-OH is 1. The minimum Gasteiger partial charge on any atom is -0.394 e. The van der Waals surface area contributed by atoms with E-state index in [2.05, 4.69) is 6.92 Å². The summed E-state index contributed by atoms with van der Waals surface area (Å²) >= 11 is 0. The first kappa shape index (κ1) is 19.1. The van der Waals surface area contributed by atoms with Crippen molar-refractivity contribution in [1.82, 2.24) is 0 Å². The van der Waals surface area contributed by atoms with E-state index in [4.69, 9.17) is 15.4 Å². The molecule has 0 heterocycles. The number of rotatable bonds is 5. The number of benzene rings is 1. The van der Waals surface area contributed by atoms with Crippen LogP contribution in [0.4, 0.5) is 0 Å². The summed E-state index contributed by atoms with van der Waals surface area (Å²) in [6.07, 6.45) is 3.17. The fourth-order valence-electron chi connectivity index (χ4n) is 1.37. The quantitative estimate of drug-likeness (QED) is 0.723. The lowest BCUT2D eigenvalue weighted by Gasteiger charge is -2.20. The molecule has 0 spiro atoms. The molecule has 0 radical (unpaired) electrons. The molecular formula is C14H25NO4S. The topological polar surface area (TPSA) is 101 Å². The summed E-state index contributed by atoms with van der Waals surface area (Å²) in [5.74, 6) is 0. The van der Waals surface area contributed by atoms with Crippen molar-refractivity contribution in [2.45, 2.75) is 50.5 Å². The normalized spacial score (nSPS) is 14.1. The van der Waals surface area contributed by atoms with Crippen LogP contribution in [0.25, 0.3) is 0 Å². The summed E-state index contributed by atoms with van der Waals surface area (Å²) in [5.41, 5.74) is 6.26. The van der Waals surface area contributed by atoms with Crippen molar-refractivity contribution < 1.29 is 18.1 Å². The molecule has 4 N–H and O–H groups in total. The highest BCUT2D eigenvalue weighted by molar-refractivity contribution is 7.85. The minimum atomic E-state index is -4.02. The number of hydrogen-bond acceptors (Lipinski definition) is 4. The van der Waals surface area contributed by atoms with Gasteiger partial charge < -0.3 is 10.8 Å². The maximum absolute atomic E-state index is 10.5. The third-order valence-corrected chi connectivity index (χ3v) is 3.65. The molecule has 0 aliphatic heterocycles. The summed E-state index contributed by atoms with van der Waals surface area (Å²) in [5, 5.41) is 8.70. The monoisotopic (exact) mass is 303 g/mol. The van der Waals surface area contributed by atoms with Crippen LogP contribution < -0.4 is 5.73 Å². The second-order valence-corrected chi connectivity index (χ2v) is 6.63. The predicted molar refractivity (Wildman–Crippen MR) is 80.2 cm³/mol. The van der Waals surface area contributed by atoms with E-state index in [0.717, 1.165) is 24.8 Å². The first-order valence-electron chi connectivity index (χ1n) is 6.56. The third kappa shape index (κ3) is 8.27. The standard InChI is InChI=1S/C7H17NO.C7H8O3S/c1-3-4-5-7(2,8)6-9;1-6-2-4-7(5-3-6)11(8,9)10/h9H,3-6,8H2,1-2H3;2-5H,1H3,(H,8,9,10)/t7-;/m1./s1. The molecule has 0 saturated carbocycles. The SMILES string of the molecule is CCCC[C@@](C)(N)CO.Cc1ccc(S(=O)(=O)O)cc1. The van der Waals surface area contributed by atoms with Crippen molar-refractivity contribution in [1.29, 1.82) is 0 Å². The van der Waals surface area contributed by atoms with Gasteiger partial charge >= 0.3 is 0 Å². The van der Waals surface area contributed by atoms with Gasteiger partial charge in [0.05, 0.1) is 11.5 Å². The number of nitrogens with two attached hydrogens (primary N) is 1. The zero-order valence-corrected chi connectivity index (χ0v) is 13.2. The highest BCUT2D eigenvalue weighted by Crippen LogP contribution is 2.09. The van der Waals surface area contributed by atoms with Gasteiger partial charge in [0.2, 0.25) is 0 Å². The smallest absolute Gasteiger partial charge is 0.294 e. The van der Waals surface area contributed by atoms with Crippen LogP contribution in [0.15, 0.2) is 29.2 Å². The Labute approximate surface area is 121 Å². The first-order valence-corrected chi connectivity index (χ1v) is 8.00. The Kier molecular flexibility index (Phi) is 7.96. The van der Waals surface area contributed by atoms with Gasteiger partial charge in [-0.2, -0.15) is 8.42 Å². The zero-order chi connectivity index (χ0) is 15.8. The Morgan fingerprint density at radius 1 is 1.25 bits per heavy atom. The largest absolute Gasteiger partial charge is 0.394 e. The lowest BCUT2D eigenvalue weighted by atomic mass is 9.98. The van der Waals surface area contributed by atoms with Crippen LogP contribution in [-0.2, 0) is 10.1 Å². The first-order chi connectivity index (χ1) is 9.12. The van der Waals surface area contributed by atoms with Crippen LogP contribution in [0.3, 0.4) is 0 Å². The van der Waals surface area contributed by atoms with Crippen LogP contribution in [0.5, 0.6) is 0 Å². The van der Waals surface area contributed by atoms with Crippen molar-refractivity contribution in [3.63, 3.8) is 0 Å². The van der Waals surface area contributed by atoms with Gasteiger partial charge in [-0.25, -0.2) is 0 Å². The predicted octanol–water partition coefficient (Wildman–Crippen LogP) is 2.13. The molecule has 5 nitrogen and oxygen atoms in total. The second-order valence-electron chi connectivity index (χ2n) is 5.20. The average molecular weight is 303 g/mol. The molecule has 0 aliphatic rings. The van der Waals surface area contributed by atoms with Gasteiger partial charge in [-0.1, -0.05) is 37.5 Å². The van der Waals surface area contributed by atoms with Crippen molar-refractivity contribution in [2.24, 2.45) is 5.73 Å². The van der Waals surface area contributed by atoms with Crippen LogP contribution in [-0.4, -0.2) is 30.2 Å². The molecule has 0 aromatic heterocycles. The third-order valence-electron chi connectivity index (χ3n) is 2.78. The Hall–Kier alpha value is -0.950. The van der Waals surface area contributed by atoms with Crippen molar-refractivity contribution in [2.75, 3.05) is 6.61 Å². The number of unbranched alkanes of at least 4 members (excludes halogenated alkanes) is 1. The van der Waals surface area contributed by atoms with Crippen LogP contribution in [0, 0.1) is 6.92 Å². The Balaban J connectivity index is 0.000000370. The van der Waals surface area contributed by atoms with Gasteiger partial charge in [-0.3, -0.25) is 4.55 Å². The van der Waals surface area contributed by atoms with Crippen LogP contribution >= 0.6 is 0 Å². The van der Waals surface area contributed by atoms with Crippen molar-refractivity contribution in [3.05, 3.63) is 29.8 Å². The number of aliphatic hydroxyl groups is 1. The Morgan fingerprint density at radius 3 is 2.10 bits per heavy atom. The molecule has 0 bridgehead atoms. The maximum atomic E-state index is 10.5. The molecule has 0 saturated heterocycles. The molecule has 0 fully saturated rings. The fraction of sp³-hybridized carbons (Fsp3) is 0.571. The van der Waals surface area contributed by atoms with Gasteiger partial charge in [0.25, 0.3) is 10.1 Å². The molecule has 0 aliphatic carbocycles. The molecule has 6 heteroatoms. The van der Waals surface area contributed by atoms with E-state index in [9.17, 15) is 8.42 Å². The second kappa shape index (κ2) is 8.36. The van der Waals surface area contributed by atoms with Crippen molar-refractivity contribution in [3.8, 4) is 0 Å². The Bertz CT molecular complexity index is 480. The van der Waals surface area contributed by atoms with Crippen LogP contribution in [0.1, 0.15) is 38.7 Å². The molecule has 0 amide bonds. The summed E-state index contributed by atoms with van der Waals surface area (Å²) in [7, 11) is -4.02. The van der Waals surface area contributed by atoms with E-state index in [0.29, 0.717) is 0 Å². The summed E-state index contributed by atoms with van der Waals surface area (Å²) in [6, 6.07) is 5.99. The van der Waals surface area contributed by atoms with Gasteiger partial charge in [-0.05, 0) is 32.4 Å². The van der Waals surface area contributed by atoms with Crippen molar-refractivity contribution >= 4 is 10.1 Å². The lowest BCUT2D eigenvalue weighted by Crippen LogP contribution is -2.39. The lowest BCUT2D eigenvalue weighted by molar-refractivity contribution is 0.198. The summed E-state index contributed by atoms with van der Waals surface area (Å²) in [4.78, 5) is -0.0666. The number of hydrogen-bond donors (Lipinski definition) is 3. The molecule has 1 atom stereocenters. The molecule has 1 rings (SSSR count). The average Bonchev–Trinajstić information content (AvgIpc) is 2.37. The van der Waals surface area contributed by atoms with Gasteiger partial charge in [-0.15, -0.1) is 0 Å². The van der Waals surface area contributed by atoms with Gasteiger partial charge in [0.1, 0.15) is 0 Å². The Morgan fingerprint density at radius 2 is 1.75 bits per heavy atom. The molecular weight excluding hydrogens is 278 g/mol. The molecule has 20 heavy (non-hydrogen) atoms. The van der Waals surface area contributed by atoms with E-state index in [1.165, 1.54) is 12.1 Å². The molecule has 116 valence electrons. The van der Waals surface area contributed by atoms with Gasteiger partial charge in [0.15, 0.2) is 0 Å². The summed E-state index contributed by atoms with van der Waals surface area (Å²) < 4.78 is 29.6. The highest BCUT2D eigenvalue weighted by atomic mass is 32.2. The molecule has 1 aromatic rings. The zero-order valence-electron chi connectivity index (χ0n) is 12.3. The molecule has 1 aromatic carbocycles.